The molecular formula is C26H22O6S6. The largest absolute Gasteiger partial charge is 0.246 e. The summed E-state index contributed by atoms with van der Waals surface area (Å²) in [4.78, 5) is 0.117. The van der Waals surface area contributed by atoms with Gasteiger partial charge in [0.15, 0.2) is 0 Å². The Kier molecular flexibility index (Phi) is 9.32. The van der Waals surface area contributed by atoms with Gasteiger partial charge in [-0.15, -0.1) is 11.8 Å². The summed E-state index contributed by atoms with van der Waals surface area (Å²) in [7, 11) is -12.2. The summed E-state index contributed by atoms with van der Waals surface area (Å²) >= 11 is 1.18. The topological polar surface area (TPSA) is 102 Å². The number of aryl methyl sites for hydroxylation is 1. The highest BCUT2D eigenvalue weighted by atomic mass is 33.5. The van der Waals surface area contributed by atoms with E-state index in [2.05, 4.69) is 0 Å². The fourth-order valence-corrected chi connectivity index (χ4v) is 15.3. The molecule has 0 N–H and O–H groups in total. The Morgan fingerprint density at radius 3 is 1.63 bits per heavy atom. The second-order valence-corrected chi connectivity index (χ2v) is 19.8. The van der Waals surface area contributed by atoms with Crippen molar-refractivity contribution in [1.29, 1.82) is 0 Å². The van der Waals surface area contributed by atoms with E-state index in [1.165, 1.54) is 66.4 Å². The molecule has 0 saturated carbocycles. The van der Waals surface area contributed by atoms with Gasteiger partial charge in [0.25, 0.3) is 0 Å². The van der Waals surface area contributed by atoms with Crippen LogP contribution in [0.4, 0.5) is 0 Å². The lowest BCUT2D eigenvalue weighted by Gasteiger charge is -2.14. The number of rotatable bonds is 11. The average molecular weight is 623 g/mol. The van der Waals surface area contributed by atoms with Crippen LogP contribution in [0.5, 0.6) is 0 Å². The Morgan fingerprint density at radius 1 is 0.526 bits per heavy atom. The Hall–Kier alpha value is -2.22. The first-order valence-corrected chi connectivity index (χ1v) is 19.8. The van der Waals surface area contributed by atoms with E-state index in [4.69, 9.17) is 0 Å². The van der Waals surface area contributed by atoms with Crippen molar-refractivity contribution in [2.24, 2.45) is 0 Å². The maximum absolute atomic E-state index is 13.5. The molecule has 12 heteroatoms. The lowest BCUT2D eigenvalue weighted by atomic mass is 10.2. The predicted octanol–water partition coefficient (Wildman–Crippen LogP) is 6.31. The van der Waals surface area contributed by atoms with Gasteiger partial charge in [-0.3, -0.25) is 0 Å². The molecule has 0 aliphatic heterocycles. The molecule has 0 aliphatic carbocycles. The van der Waals surface area contributed by atoms with Gasteiger partial charge in [0, 0.05) is 26.3 Å². The van der Waals surface area contributed by atoms with E-state index in [0.717, 1.165) is 5.56 Å². The Morgan fingerprint density at radius 2 is 1.05 bits per heavy atom. The molecule has 0 aromatic heterocycles. The van der Waals surface area contributed by atoms with E-state index in [-0.39, 0.29) is 34.3 Å². The molecule has 0 heterocycles. The highest BCUT2D eigenvalue weighted by Gasteiger charge is 2.31. The monoisotopic (exact) mass is 622 g/mol. The van der Waals surface area contributed by atoms with Gasteiger partial charge < -0.3 is 0 Å². The minimum Gasteiger partial charge on any atom is -0.212 e. The van der Waals surface area contributed by atoms with E-state index < -0.39 is 26.6 Å². The molecule has 4 rings (SSSR count). The third-order valence-corrected chi connectivity index (χ3v) is 17.4. The maximum Gasteiger partial charge on any atom is 0.246 e. The Bertz CT molecular complexity index is 1710. The van der Waals surface area contributed by atoms with E-state index >= 15 is 0 Å². The summed E-state index contributed by atoms with van der Waals surface area (Å²) in [5, 5.41) is 0. The lowest BCUT2D eigenvalue weighted by molar-refractivity contribution is 0.605. The van der Waals surface area contributed by atoms with Gasteiger partial charge in [-0.05, 0) is 48.4 Å². The molecule has 0 atom stereocenters. The van der Waals surface area contributed by atoms with Gasteiger partial charge in [-0.2, -0.15) is 0 Å². The third kappa shape index (κ3) is 7.25. The van der Waals surface area contributed by atoms with Crippen LogP contribution in [0.15, 0.2) is 134 Å². The quantitative estimate of drug-likeness (QED) is 0.141. The summed E-state index contributed by atoms with van der Waals surface area (Å²) in [5.74, 6) is 0.450. The SMILES string of the molecule is O=S(=O)(Sc1cccc(S(=O)(=O)SS(=O)(=O)c2ccccc2)c1SCCc1ccccc1)c1ccccc1. The zero-order chi connectivity index (χ0) is 27.2. The van der Waals surface area contributed by atoms with Gasteiger partial charge in [-0.1, -0.05) is 72.8 Å². The molecule has 6 nitrogen and oxygen atoms in total. The molecule has 4 aromatic rings. The van der Waals surface area contributed by atoms with Crippen LogP contribution in [-0.2, 0) is 33.0 Å². The highest BCUT2D eigenvalue weighted by Crippen LogP contribution is 2.44. The van der Waals surface area contributed by atoms with Gasteiger partial charge in [0.2, 0.25) is 26.6 Å². The molecule has 0 amide bonds. The molecule has 38 heavy (non-hydrogen) atoms. The standard InChI is InChI=1S/C26H22O6S6/c27-36(28,22-13-6-2-7-14-22)34-24-17-10-18-25(26(24)33-20-19-21-11-4-1-5-12-21)38(31,32)35-37(29,30)23-15-8-3-9-16-23/h1-18H,19-20H2. The Labute approximate surface area is 234 Å². The van der Waals surface area contributed by atoms with Crippen LogP contribution in [0.3, 0.4) is 0 Å². The zero-order valence-electron chi connectivity index (χ0n) is 19.7. The van der Waals surface area contributed by atoms with Crippen LogP contribution in [0, 0.1) is 0 Å². The van der Waals surface area contributed by atoms with Crippen LogP contribution in [-0.4, -0.2) is 31.0 Å². The van der Waals surface area contributed by atoms with E-state index in [0.29, 0.717) is 23.0 Å². The first-order chi connectivity index (χ1) is 18.1. The zero-order valence-corrected chi connectivity index (χ0v) is 24.6. The van der Waals surface area contributed by atoms with Crippen LogP contribution in [0.2, 0.25) is 0 Å². The molecule has 0 saturated heterocycles. The lowest BCUT2D eigenvalue weighted by Crippen LogP contribution is -2.06. The Balaban J connectivity index is 1.72. The summed E-state index contributed by atoms with van der Waals surface area (Å²) in [6.45, 7) is 0. The highest BCUT2D eigenvalue weighted by molar-refractivity contribution is 9.04. The molecule has 4 aromatic carbocycles. The second-order valence-electron chi connectivity index (χ2n) is 7.81. The fraction of sp³-hybridized carbons (Fsp3) is 0.0769. The van der Waals surface area contributed by atoms with Crippen molar-refractivity contribution in [3.05, 3.63) is 115 Å². The number of hydrogen-bond acceptors (Lipinski definition) is 9. The van der Waals surface area contributed by atoms with Crippen LogP contribution in [0.25, 0.3) is 0 Å². The average Bonchev–Trinajstić information content (AvgIpc) is 2.90. The molecule has 0 fully saturated rings. The van der Waals surface area contributed by atoms with Crippen LogP contribution < -0.4 is 0 Å². The van der Waals surface area contributed by atoms with Gasteiger partial charge in [-0.25, -0.2) is 25.3 Å². The fourth-order valence-electron chi connectivity index (χ4n) is 3.35. The molecule has 0 unspecified atom stereocenters. The molecule has 0 radical (unpaired) electrons. The van der Waals surface area contributed by atoms with Gasteiger partial charge in [0.1, 0.15) is 9.83 Å². The molecule has 198 valence electrons. The van der Waals surface area contributed by atoms with Crippen molar-refractivity contribution in [2.75, 3.05) is 5.75 Å². The summed E-state index contributed by atoms with van der Waals surface area (Å²) in [6.07, 6.45) is 0.602. The number of hydrogen-bond donors (Lipinski definition) is 0. The normalized spacial score (nSPS) is 12.3. The van der Waals surface area contributed by atoms with Crippen molar-refractivity contribution in [3.63, 3.8) is 0 Å². The van der Waals surface area contributed by atoms with E-state index in [9.17, 15) is 25.3 Å². The first-order valence-electron chi connectivity index (χ1n) is 11.1. The predicted molar refractivity (Wildman–Crippen MR) is 155 cm³/mol. The smallest absolute Gasteiger partial charge is 0.212 e. The van der Waals surface area contributed by atoms with Crippen molar-refractivity contribution < 1.29 is 25.3 Å². The number of benzene rings is 4. The maximum atomic E-state index is 13.5. The molecule has 0 spiro atoms. The van der Waals surface area contributed by atoms with Crippen LogP contribution >= 0.6 is 32.4 Å². The minimum absolute atomic E-state index is 0.0829. The van der Waals surface area contributed by atoms with Crippen molar-refractivity contribution in [2.45, 2.75) is 30.9 Å². The summed E-state index contributed by atoms with van der Waals surface area (Å²) in [6, 6.07) is 29.0. The molecule has 0 aliphatic rings. The van der Waals surface area contributed by atoms with Crippen molar-refractivity contribution in [3.8, 4) is 0 Å². The second kappa shape index (κ2) is 12.3. The van der Waals surface area contributed by atoms with E-state index in [1.807, 2.05) is 30.3 Å². The van der Waals surface area contributed by atoms with Gasteiger partial charge in [0.05, 0.1) is 14.7 Å². The van der Waals surface area contributed by atoms with Crippen LogP contribution in [0.1, 0.15) is 5.56 Å². The minimum atomic E-state index is -4.43. The van der Waals surface area contributed by atoms with Crippen molar-refractivity contribution >= 4 is 59.0 Å². The number of thioether (sulfide) groups is 1. The molecular weight excluding hydrogens is 601 g/mol. The van der Waals surface area contributed by atoms with Crippen molar-refractivity contribution in [1.82, 2.24) is 0 Å². The summed E-state index contributed by atoms with van der Waals surface area (Å²) in [5.41, 5.74) is 1.03. The van der Waals surface area contributed by atoms with E-state index in [1.54, 1.807) is 24.3 Å². The van der Waals surface area contributed by atoms with Gasteiger partial charge >= 0.3 is 0 Å². The summed E-state index contributed by atoms with van der Waals surface area (Å²) < 4.78 is 79.0. The first kappa shape index (κ1) is 28.8. The third-order valence-electron chi connectivity index (χ3n) is 5.13. The molecule has 0 bridgehead atoms.